The van der Waals surface area contributed by atoms with Crippen molar-refractivity contribution in [3.05, 3.63) is 23.8 Å². The number of carbonyl (C=O) groups is 1. The maximum absolute atomic E-state index is 12.6. The predicted molar refractivity (Wildman–Crippen MR) is 97.7 cm³/mol. The van der Waals surface area contributed by atoms with Crippen LogP contribution < -0.4 is 14.8 Å². The minimum Gasteiger partial charge on any atom is -0.486 e. The lowest BCUT2D eigenvalue weighted by molar-refractivity contribution is -0.126. The molecule has 1 saturated heterocycles. The molecule has 0 bridgehead atoms. The van der Waals surface area contributed by atoms with Gasteiger partial charge in [0, 0.05) is 19.0 Å². The van der Waals surface area contributed by atoms with E-state index < -0.39 is 10.0 Å². The lowest BCUT2D eigenvalue weighted by Gasteiger charge is -2.31. The Morgan fingerprint density at radius 2 is 1.88 bits per heavy atom. The van der Waals surface area contributed by atoms with Crippen molar-refractivity contribution in [3.8, 4) is 11.5 Å². The molecular weight excluding hydrogens is 356 g/mol. The quantitative estimate of drug-likeness (QED) is 0.838. The fourth-order valence-electron chi connectivity index (χ4n) is 3.32. The van der Waals surface area contributed by atoms with Crippen molar-refractivity contribution >= 4 is 15.9 Å². The average molecular weight is 382 g/mol. The number of sulfonamides is 1. The van der Waals surface area contributed by atoms with Crippen molar-refractivity contribution in [2.24, 2.45) is 5.92 Å². The van der Waals surface area contributed by atoms with Crippen LogP contribution >= 0.6 is 0 Å². The highest BCUT2D eigenvalue weighted by atomic mass is 32.2. The van der Waals surface area contributed by atoms with Gasteiger partial charge in [0.25, 0.3) is 0 Å². The Morgan fingerprint density at radius 1 is 1.23 bits per heavy atom. The Hall–Kier alpha value is -1.80. The van der Waals surface area contributed by atoms with Gasteiger partial charge in [0.1, 0.15) is 13.2 Å². The summed E-state index contributed by atoms with van der Waals surface area (Å²) in [4.78, 5) is 12.6. The summed E-state index contributed by atoms with van der Waals surface area (Å²) in [7, 11) is -3.17. The molecule has 26 heavy (non-hydrogen) atoms. The molecule has 7 nitrogen and oxygen atoms in total. The first-order valence-electron chi connectivity index (χ1n) is 9.08. The molecule has 2 aliphatic heterocycles. The van der Waals surface area contributed by atoms with E-state index >= 15 is 0 Å². The molecule has 0 aliphatic carbocycles. The smallest absolute Gasteiger partial charge is 0.223 e. The summed E-state index contributed by atoms with van der Waals surface area (Å²) < 4.78 is 36.4. The number of piperidine rings is 1. The number of nitrogens with zero attached hydrogens (tertiary/aromatic N) is 1. The van der Waals surface area contributed by atoms with Gasteiger partial charge in [-0.3, -0.25) is 4.79 Å². The van der Waals surface area contributed by atoms with Crippen molar-refractivity contribution in [1.82, 2.24) is 9.62 Å². The predicted octanol–water partition coefficient (Wildman–Crippen LogP) is 1.70. The van der Waals surface area contributed by atoms with Crippen LogP contribution in [0.5, 0.6) is 11.5 Å². The summed E-state index contributed by atoms with van der Waals surface area (Å²) in [5.74, 6) is 1.35. The summed E-state index contributed by atoms with van der Waals surface area (Å²) in [6.45, 7) is 5.46. The second-order valence-corrected chi connectivity index (χ2v) is 8.96. The Morgan fingerprint density at radius 3 is 2.54 bits per heavy atom. The maximum Gasteiger partial charge on any atom is 0.223 e. The molecule has 1 aromatic rings. The summed E-state index contributed by atoms with van der Waals surface area (Å²) in [6, 6.07) is 5.53. The van der Waals surface area contributed by atoms with Crippen LogP contribution in [0.3, 0.4) is 0 Å². The van der Waals surface area contributed by atoms with E-state index in [4.69, 9.17) is 9.47 Å². The second-order valence-electron chi connectivity index (χ2n) is 6.71. The number of rotatable bonds is 5. The molecule has 1 N–H and O–H groups in total. The Bertz CT molecular complexity index is 757. The molecule has 2 heterocycles. The number of fused-ring (bicyclic) bond motifs is 1. The highest BCUT2D eigenvalue weighted by molar-refractivity contribution is 7.89. The van der Waals surface area contributed by atoms with Gasteiger partial charge in [-0.05, 0) is 44.4 Å². The lowest BCUT2D eigenvalue weighted by atomic mass is 9.96. The summed E-state index contributed by atoms with van der Waals surface area (Å²) in [6.07, 6.45) is 1.11. The van der Waals surface area contributed by atoms with Gasteiger partial charge in [0.2, 0.25) is 15.9 Å². The molecule has 2 aliphatic rings. The molecule has 0 spiro atoms. The van der Waals surface area contributed by atoms with Crippen LogP contribution in [0.1, 0.15) is 38.3 Å². The Balaban J connectivity index is 1.57. The van der Waals surface area contributed by atoms with Gasteiger partial charge in [-0.1, -0.05) is 6.07 Å². The van der Waals surface area contributed by atoms with E-state index in [1.807, 2.05) is 25.1 Å². The van der Waals surface area contributed by atoms with E-state index in [1.54, 1.807) is 6.92 Å². The minimum absolute atomic E-state index is 0.0269. The van der Waals surface area contributed by atoms with Crippen LogP contribution in [0.15, 0.2) is 18.2 Å². The largest absolute Gasteiger partial charge is 0.486 e. The van der Waals surface area contributed by atoms with Crippen LogP contribution in [0, 0.1) is 5.92 Å². The van der Waals surface area contributed by atoms with Crippen molar-refractivity contribution in [1.29, 1.82) is 0 Å². The number of carbonyl (C=O) groups excluding carboxylic acids is 1. The molecule has 0 unspecified atom stereocenters. The second kappa shape index (κ2) is 7.84. The van der Waals surface area contributed by atoms with Gasteiger partial charge in [-0.2, -0.15) is 0 Å². The zero-order chi connectivity index (χ0) is 18.7. The van der Waals surface area contributed by atoms with E-state index in [0.29, 0.717) is 44.9 Å². The van der Waals surface area contributed by atoms with Crippen LogP contribution in [-0.4, -0.2) is 50.7 Å². The molecule has 1 atom stereocenters. The third-order valence-electron chi connectivity index (χ3n) is 5.01. The van der Waals surface area contributed by atoms with Gasteiger partial charge >= 0.3 is 0 Å². The van der Waals surface area contributed by atoms with Crippen LogP contribution in [-0.2, 0) is 14.8 Å². The molecule has 144 valence electrons. The van der Waals surface area contributed by atoms with E-state index in [0.717, 1.165) is 11.3 Å². The number of hydrogen-bond donors (Lipinski definition) is 1. The van der Waals surface area contributed by atoms with Crippen molar-refractivity contribution in [2.45, 2.75) is 32.7 Å². The standard InChI is InChI=1S/C18H26N2O5S/c1-3-26(22,23)20-8-6-14(7-9-20)18(21)19-13(2)15-4-5-16-17(12-15)25-11-10-24-16/h4-5,12-14H,3,6-11H2,1-2H3,(H,19,21)/t13-/m0/s1. The maximum atomic E-state index is 12.6. The lowest BCUT2D eigenvalue weighted by Crippen LogP contribution is -2.43. The summed E-state index contributed by atoms with van der Waals surface area (Å²) in [5, 5.41) is 3.04. The molecule has 3 rings (SSSR count). The summed E-state index contributed by atoms with van der Waals surface area (Å²) >= 11 is 0. The van der Waals surface area contributed by atoms with Gasteiger partial charge < -0.3 is 14.8 Å². The number of hydrogen-bond acceptors (Lipinski definition) is 5. The zero-order valence-electron chi connectivity index (χ0n) is 15.2. The zero-order valence-corrected chi connectivity index (χ0v) is 16.0. The van der Waals surface area contributed by atoms with Crippen LogP contribution in [0.25, 0.3) is 0 Å². The van der Waals surface area contributed by atoms with E-state index in [9.17, 15) is 13.2 Å². The fraction of sp³-hybridized carbons (Fsp3) is 0.611. The Labute approximate surface area is 154 Å². The minimum atomic E-state index is -3.17. The van der Waals surface area contributed by atoms with E-state index in [2.05, 4.69) is 5.32 Å². The monoisotopic (exact) mass is 382 g/mol. The molecular formula is C18H26N2O5S. The Kier molecular flexibility index (Phi) is 5.72. The normalized spacial score (nSPS) is 19.8. The van der Waals surface area contributed by atoms with Gasteiger partial charge in [-0.15, -0.1) is 0 Å². The molecule has 0 radical (unpaired) electrons. The van der Waals surface area contributed by atoms with Gasteiger partial charge in [0.15, 0.2) is 11.5 Å². The first-order chi connectivity index (χ1) is 12.4. The SMILES string of the molecule is CCS(=O)(=O)N1CCC(C(=O)N[C@@H](C)c2ccc3c(c2)OCCO3)CC1. The van der Waals surface area contributed by atoms with Crippen molar-refractivity contribution in [2.75, 3.05) is 32.1 Å². The molecule has 0 aromatic heterocycles. The molecule has 1 fully saturated rings. The fourth-order valence-corrected chi connectivity index (χ4v) is 4.45. The van der Waals surface area contributed by atoms with E-state index in [1.165, 1.54) is 4.31 Å². The molecule has 1 aromatic carbocycles. The van der Waals surface area contributed by atoms with Crippen LogP contribution in [0.4, 0.5) is 0 Å². The number of nitrogens with one attached hydrogen (secondary N) is 1. The highest BCUT2D eigenvalue weighted by Crippen LogP contribution is 2.32. The number of ether oxygens (including phenoxy) is 2. The van der Waals surface area contributed by atoms with Gasteiger partial charge in [0.05, 0.1) is 11.8 Å². The van der Waals surface area contributed by atoms with Crippen LogP contribution in [0.2, 0.25) is 0 Å². The first kappa shape index (κ1) is 19.0. The van der Waals surface area contributed by atoms with Crippen molar-refractivity contribution in [3.63, 3.8) is 0 Å². The van der Waals surface area contributed by atoms with Gasteiger partial charge in [-0.25, -0.2) is 12.7 Å². The van der Waals surface area contributed by atoms with Crippen molar-refractivity contribution < 1.29 is 22.7 Å². The average Bonchev–Trinajstić information content (AvgIpc) is 2.67. The third kappa shape index (κ3) is 4.12. The topological polar surface area (TPSA) is 84.9 Å². The third-order valence-corrected chi connectivity index (χ3v) is 6.89. The molecule has 1 amide bonds. The molecule has 8 heteroatoms. The first-order valence-corrected chi connectivity index (χ1v) is 10.7. The molecule has 0 saturated carbocycles. The summed E-state index contributed by atoms with van der Waals surface area (Å²) in [5.41, 5.74) is 0.952. The number of benzene rings is 1. The van der Waals surface area contributed by atoms with E-state index in [-0.39, 0.29) is 23.6 Å². The highest BCUT2D eigenvalue weighted by Gasteiger charge is 2.30. The number of amides is 1.